The van der Waals surface area contributed by atoms with Gasteiger partial charge in [-0.1, -0.05) is 30.3 Å². The molecule has 1 aliphatic heterocycles. The minimum Gasteiger partial charge on any atom is -0.352 e. The quantitative estimate of drug-likeness (QED) is 0.328. The van der Waals surface area contributed by atoms with E-state index in [9.17, 15) is 18.0 Å². The van der Waals surface area contributed by atoms with E-state index in [1.54, 1.807) is 52.2 Å². The Kier molecular flexibility index (Phi) is 6.66. The smallest absolute Gasteiger partial charge is 0.352 e. The van der Waals surface area contributed by atoms with Crippen molar-refractivity contribution >= 4 is 28.9 Å². The summed E-state index contributed by atoms with van der Waals surface area (Å²) in [6, 6.07) is 22.3. The molecule has 37 heavy (non-hydrogen) atoms. The van der Waals surface area contributed by atoms with Crippen LogP contribution >= 0.6 is 12.2 Å². The summed E-state index contributed by atoms with van der Waals surface area (Å²) in [7, 11) is 0. The maximum Gasteiger partial charge on any atom is 0.416 e. The first-order chi connectivity index (χ1) is 17.8. The van der Waals surface area contributed by atoms with Crippen LogP contribution in [0.5, 0.6) is 0 Å². The first-order valence-electron chi connectivity index (χ1n) is 11.5. The molecule has 5 rings (SSSR count). The molecule has 10 heteroatoms. The second kappa shape index (κ2) is 10.1. The van der Waals surface area contributed by atoms with Gasteiger partial charge in [-0.3, -0.25) is 9.78 Å². The van der Waals surface area contributed by atoms with E-state index in [1.165, 1.54) is 6.07 Å². The number of hydrogen-bond acceptors (Lipinski definition) is 3. The lowest BCUT2D eigenvalue weighted by Gasteiger charge is -2.28. The molecule has 2 N–H and O–H groups in total. The van der Waals surface area contributed by atoms with Crippen LogP contribution in [0.4, 0.5) is 18.9 Å². The highest BCUT2D eigenvalue weighted by Gasteiger charge is 2.42. The van der Waals surface area contributed by atoms with Gasteiger partial charge >= 0.3 is 6.18 Å². The van der Waals surface area contributed by atoms with Gasteiger partial charge in [0.05, 0.1) is 23.3 Å². The maximum absolute atomic E-state index is 13.4. The van der Waals surface area contributed by atoms with E-state index < -0.39 is 23.8 Å². The second-order valence-corrected chi connectivity index (χ2v) is 8.91. The van der Waals surface area contributed by atoms with Crippen molar-refractivity contribution in [2.24, 2.45) is 0 Å². The number of benzene rings is 2. The minimum absolute atomic E-state index is 0.0670. The van der Waals surface area contributed by atoms with Gasteiger partial charge in [0, 0.05) is 29.5 Å². The van der Waals surface area contributed by atoms with Crippen LogP contribution in [0.15, 0.2) is 97.3 Å². The van der Waals surface area contributed by atoms with Crippen LogP contribution in [-0.2, 0) is 11.0 Å². The summed E-state index contributed by atoms with van der Waals surface area (Å²) in [5.74, 6) is -0.279. The zero-order valence-electron chi connectivity index (χ0n) is 19.4. The summed E-state index contributed by atoms with van der Waals surface area (Å²) in [5, 5.41) is 6.48. The van der Waals surface area contributed by atoms with Crippen LogP contribution in [0.3, 0.4) is 0 Å². The molecule has 0 saturated carbocycles. The molecule has 6 nitrogen and oxygen atoms in total. The lowest BCUT2D eigenvalue weighted by molar-refractivity contribution is -0.137. The number of rotatable bonds is 6. The Bertz CT molecular complexity index is 1410. The Morgan fingerprint density at radius 3 is 2.51 bits per heavy atom. The van der Waals surface area contributed by atoms with Crippen LogP contribution in [0.1, 0.15) is 29.0 Å². The van der Waals surface area contributed by atoms with Crippen molar-refractivity contribution in [3.63, 3.8) is 0 Å². The monoisotopic (exact) mass is 521 g/mol. The molecule has 0 spiro atoms. The molecule has 0 bridgehead atoms. The zero-order chi connectivity index (χ0) is 26.0. The van der Waals surface area contributed by atoms with E-state index in [1.807, 2.05) is 36.4 Å². The van der Waals surface area contributed by atoms with Gasteiger partial charge in [-0.15, -0.1) is 0 Å². The van der Waals surface area contributed by atoms with Crippen LogP contribution in [0, 0.1) is 0 Å². The largest absolute Gasteiger partial charge is 0.416 e. The number of nitrogens with one attached hydrogen (secondary N) is 2. The Morgan fingerprint density at radius 2 is 1.78 bits per heavy atom. The number of carbonyl (C=O) groups is 1. The van der Waals surface area contributed by atoms with Crippen molar-refractivity contribution in [2.45, 2.75) is 18.3 Å². The summed E-state index contributed by atoms with van der Waals surface area (Å²) in [4.78, 5) is 19.2. The summed E-state index contributed by atoms with van der Waals surface area (Å²) in [5.41, 5.74) is 1.61. The molecule has 2 aromatic heterocycles. The third-order valence-corrected chi connectivity index (χ3v) is 6.46. The Balaban J connectivity index is 1.53. The summed E-state index contributed by atoms with van der Waals surface area (Å²) < 4.78 is 42.0. The van der Waals surface area contributed by atoms with E-state index >= 15 is 0 Å². The van der Waals surface area contributed by atoms with Crippen LogP contribution < -0.4 is 10.6 Å². The molecule has 1 aliphatic rings. The SMILES string of the molecule is O=C(CN1C(=S)N[C@@H](c2ccccn2)[C@@H]1c1cccn1-c1cccc(C(F)(F)F)c1)Nc1ccccc1. The number of aromatic nitrogens is 2. The molecule has 2 aromatic carbocycles. The number of pyridine rings is 1. The summed E-state index contributed by atoms with van der Waals surface area (Å²) in [6.45, 7) is -0.0670. The predicted molar refractivity (Wildman–Crippen MR) is 138 cm³/mol. The Labute approximate surface area is 216 Å². The van der Waals surface area contributed by atoms with E-state index in [2.05, 4.69) is 15.6 Å². The van der Waals surface area contributed by atoms with Crippen molar-refractivity contribution in [1.82, 2.24) is 19.8 Å². The number of para-hydroxylation sites is 1. The molecule has 3 heterocycles. The predicted octanol–water partition coefficient (Wildman–Crippen LogP) is 5.50. The van der Waals surface area contributed by atoms with Crippen LogP contribution in [0.2, 0.25) is 0 Å². The van der Waals surface area contributed by atoms with Crippen molar-refractivity contribution in [1.29, 1.82) is 0 Å². The van der Waals surface area contributed by atoms with E-state index in [0.29, 0.717) is 27.9 Å². The second-order valence-electron chi connectivity index (χ2n) is 8.52. The molecule has 1 fully saturated rings. The highest BCUT2D eigenvalue weighted by Crippen LogP contribution is 2.40. The number of thiocarbonyl (C=S) groups is 1. The minimum atomic E-state index is -4.47. The van der Waals surface area contributed by atoms with Gasteiger partial charge in [-0.05, 0) is 66.8 Å². The van der Waals surface area contributed by atoms with Gasteiger partial charge in [0.2, 0.25) is 5.91 Å². The van der Waals surface area contributed by atoms with Gasteiger partial charge in [-0.25, -0.2) is 0 Å². The molecular weight excluding hydrogens is 499 g/mol. The first kappa shape index (κ1) is 24.5. The highest BCUT2D eigenvalue weighted by atomic mass is 32.1. The van der Waals surface area contributed by atoms with Crippen LogP contribution in [-0.4, -0.2) is 32.0 Å². The highest BCUT2D eigenvalue weighted by molar-refractivity contribution is 7.80. The Hall–Kier alpha value is -4.18. The lowest BCUT2D eigenvalue weighted by Crippen LogP contribution is -2.37. The molecule has 2 atom stereocenters. The van der Waals surface area contributed by atoms with E-state index in [0.717, 1.165) is 12.1 Å². The van der Waals surface area contributed by atoms with Crippen molar-refractivity contribution < 1.29 is 18.0 Å². The normalized spacial score (nSPS) is 17.5. The van der Waals surface area contributed by atoms with Gasteiger partial charge in [0.15, 0.2) is 5.11 Å². The zero-order valence-corrected chi connectivity index (χ0v) is 20.2. The van der Waals surface area contributed by atoms with Crippen LogP contribution in [0.25, 0.3) is 5.69 Å². The average molecular weight is 522 g/mol. The maximum atomic E-state index is 13.4. The van der Waals surface area contributed by atoms with Crippen molar-refractivity contribution in [2.75, 3.05) is 11.9 Å². The van der Waals surface area contributed by atoms with Gasteiger partial charge in [0.1, 0.15) is 6.54 Å². The molecule has 0 unspecified atom stereocenters. The fraction of sp³-hybridized carbons (Fsp3) is 0.148. The topological polar surface area (TPSA) is 62.2 Å². The number of amides is 1. The molecule has 4 aromatic rings. The number of hydrogen-bond donors (Lipinski definition) is 2. The van der Waals surface area contributed by atoms with Crippen molar-refractivity contribution in [3.8, 4) is 5.69 Å². The number of anilines is 1. The lowest BCUT2D eigenvalue weighted by atomic mass is 10.0. The van der Waals surface area contributed by atoms with Gasteiger partial charge in [0.25, 0.3) is 0 Å². The molecular formula is C27H22F3N5OS. The van der Waals surface area contributed by atoms with E-state index in [4.69, 9.17) is 12.2 Å². The molecule has 1 saturated heterocycles. The molecule has 0 aliphatic carbocycles. The third kappa shape index (κ3) is 5.19. The fourth-order valence-corrected chi connectivity index (χ4v) is 4.78. The molecule has 1 amide bonds. The standard InChI is InChI=1S/C27H22F3N5OS/c28-27(29,30)18-8-6-11-20(16-18)34-15-7-13-22(34)25-24(21-12-4-5-14-31-21)33-26(37)35(25)17-23(36)32-19-9-2-1-3-10-19/h1-16,24-25H,17H2,(H,32,36)(H,33,37)/t24-,25-/m0/s1. The number of alkyl halides is 3. The molecule has 188 valence electrons. The van der Waals surface area contributed by atoms with Gasteiger partial charge < -0.3 is 20.1 Å². The Morgan fingerprint density at radius 1 is 1.00 bits per heavy atom. The average Bonchev–Trinajstić information content (AvgIpc) is 3.49. The van der Waals surface area contributed by atoms with E-state index in [-0.39, 0.29) is 12.5 Å². The first-order valence-corrected chi connectivity index (χ1v) is 11.9. The molecule has 0 radical (unpaired) electrons. The number of nitrogens with zero attached hydrogens (tertiary/aromatic N) is 3. The van der Waals surface area contributed by atoms with Gasteiger partial charge in [-0.2, -0.15) is 13.2 Å². The number of halogens is 3. The van der Waals surface area contributed by atoms with Crippen molar-refractivity contribution in [3.05, 3.63) is 114 Å². The third-order valence-electron chi connectivity index (χ3n) is 6.10. The fourth-order valence-electron chi connectivity index (χ4n) is 4.48. The number of carbonyl (C=O) groups excluding carboxylic acids is 1. The summed E-state index contributed by atoms with van der Waals surface area (Å²) >= 11 is 5.63. The summed E-state index contributed by atoms with van der Waals surface area (Å²) in [6.07, 6.45) is -1.12.